The van der Waals surface area contributed by atoms with Gasteiger partial charge in [0.25, 0.3) is 0 Å². The number of hydrogen-bond donors (Lipinski definition) is 1. The smallest absolute Gasteiger partial charge is 0.409 e. The number of nitrogens with zero attached hydrogens (tertiary/aromatic N) is 1. The lowest BCUT2D eigenvalue weighted by Gasteiger charge is -2.36. The second-order valence-corrected chi connectivity index (χ2v) is 4.60. The number of hydrogen-bond acceptors (Lipinski definition) is 3. The van der Waals surface area contributed by atoms with Crippen LogP contribution < -0.4 is 5.32 Å². The fourth-order valence-corrected chi connectivity index (χ4v) is 2.22. The van der Waals surface area contributed by atoms with Gasteiger partial charge in [-0.25, -0.2) is 4.79 Å². The molecule has 80 valence electrons. The summed E-state index contributed by atoms with van der Waals surface area (Å²) in [6, 6.07) is 0. The molecule has 4 nitrogen and oxygen atoms in total. The Balaban J connectivity index is 1.91. The van der Waals surface area contributed by atoms with Gasteiger partial charge in [-0.05, 0) is 31.3 Å². The zero-order valence-electron chi connectivity index (χ0n) is 8.71. The summed E-state index contributed by atoms with van der Waals surface area (Å²) in [5, 5.41) is 3.34. The van der Waals surface area contributed by atoms with E-state index in [9.17, 15) is 4.79 Å². The van der Waals surface area contributed by atoms with Crippen LogP contribution in [0, 0.1) is 5.41 Å². The van der Waals surface area contributed by atoms with E-state index in [-0.39, 0.29) is 11.5 Å². The van der Waals surface area contributed by atoms with Gasteiger partial charge in [-0.3, -0.25) is 0 Å². The molecule has 0 aromatic heterocycles. The van der Waals surface area contributed by atoms with E-state index in [1.54, 1.807) is 0 Å². The molecule has 0 aromatic rings. The molecule has 4 heteroatoms. The molecular formula is C10H18N2O2. The van der Waals surface area contributed by atoms with Gasteiger partial charge in [-0.2, -0.15) is 0 Å². The summed E-state index contributed by atoms with van der Waals surface area (Å²) in [5.41, 5.74) is 0.286. The number of amides is 1. The molecule has 2 aliphatic heterocycles. The highest BCUT2D eigenvalue weighted by Gasteiger charge is 2.33. The minimum Gasteiger partial charge on any atom is -0.448 e. The summed E-state index contributed by atoms with van der Waals surface area (Å²) in [4.78, 5) is 13.1. The maximum atomic E-state index is 11.3. The van der Waals surface area contributed by atoms with Crippen LogP contribution in [0.2, 0.25) is 0 Å². The number of nitrogens with one attached hydrogen (secondary N) is 1. The van der Waals surface area contributed by atoms with Crippen molar-refractivity contribution in [2.45, 2.75) is 19.8 Å². The summed E-state index contributed by atoms with van der Waals surface area (Å²) in [6.45, 7) is 6.58. The van der Waals surface area contributed by atoms with Crippen molar-refractivity contribution in [3.63, 3.8) is 0 Å². The van der Waals surface area contributed by atoms with Crippen LogP contribution in [0.5, 0.6) is 0 Å². The first kappa shape index (κ1) is 9.77. The van der Waals surface area contributed by atoms with Crippen molar-refractivity contribution in [3.05, 3.63) is 0 Å². The Kier molecular flexibility index (Phi) is 2.63. The van der Waals surface area contributed by atoms with Crippen LogP contribution in [0.15, 0.2) is 0 Å². The molecule has 1 amide bonds. The third-order valence-corrected chi connectivity index (χ3v) is 3.23. The quantitative estimate of drug-likeness (QED) is 0.714. The van der Waals surface area contributed by atoms with Crippen molar-refractivity contribution in [1.29, 1.82) is 0 Å². The zero-order chi connectivity index (χ0) is 10.0. The van der Waals surface area contributed by atoms with Crippen LogP contribution >= 0.6 is 0 Å². The monoisotopic (exact) mass is 198 g/mol. The molecule has 2 heterocycles. The van der Waals surface area contributed by atoms with E-state index in [0.717, 1.165) is 39.0 Å². The Labute approximate surface area is 84.6 Å². The van der Waals surface area contributed by atoms with Crippen molar-refractivity contribution < 1.29 is 9.53 Å². The van der Waals surface area contributed by atoms with Crippen LogP contribution in [-0.4, -0.2) is 43.8 Å². The molecule has 0 spiro atoms. The summed E-state index contributed by atoms with van der Waals surface area (Å²) < 4.78 is 4.92. The lowest BCUT2D eigenvalue weighted by Crippen LogP contribution is -2.43. The first-order valence-corrected chi connectivity index (χ1v) is 5.32. The molecule has 1 N–H and O–H groups in total. The SMILES string of the molecule is CC1(CN2CCOC2=O)CCNCC1. The molecule has 0 saturated carbocycles. The number of carbonyl (C=O) groups is 1. The second kappa shape index (κ2) is 3.77. The van der Waals surface area contributed by atoms with Crippen molar-refractivity contribution >= 4 is 6.09 Å². The molecule has 0 atom stereocenters. The highest BCUT2D eigenvalue weighted by Crippen LogP contribution is 2.29. The van der Waals surface area contributed by atoms with E-state index in [4.69, 9.17) is 4.74 Å². The van der Waals surface area contributed by atoms with Crippen LogP contribution in [0.25, 0.3) is 0 Å². The first-order chi connectivity index (χ1) is 6.70. The second-order valence-electron chi connectivity index (χ2n) is 4.60. The first-order valence-electron chi connectivity index (χ1n) is 5.32. The molecular weight excluding hydrogens is 180 g/mol. The van der Waals surface area contributed by atoms with Crippen LogP contribution in [-0.2, 0) is 4.74 Å². The zero-order valence-corrected chi connectivity index (χ0v) is 8.71. The summed E-state index contributed by atoms with van der Waals surface area (Å²) in [7, 11) is 0. The van der Waals surface area contributed by atoms with Gasteiger partial charge in [0.05, 0.1) is 6.54 Å². The van der Waals surface area contributed by atoms with Crippen molar-refractivity contribution in [2.75, 3.05) is 32.8 Å². The Morgan fingerprint density at radius 2 is 2.21 bits per heavy atom. The number of cyclic esters (lactones) is 1. The number of carbonyl (C=O) groups excluding carboxylic acids is 1. The largest absolute Gasteiger partial charge is 0.448 e. The maximum Gasteiger partial charge on any atom is 0.409 e. The number of rotatable bonds is 2. The minimum absolute atomic E-state index is 0.134. The molecule has 2 rings (SSSR count). The fourth-order valence-electron chi connectivity index (χ4n) is 2.22. The summed E-state index contributed by atoms with van der Waals surface area (Å²) in [6.07, 6.45) is 2.16. The van der Waals surface area contributed by atoms with Gasteiger partial charge in [0.2, 0.25) is 0 Å². The molecule has 14 heavy (non-hydrogen) atoms. The molecule has 0 radical (unpaired) electrons. The average Bonchev–Trinajstić information content (AvgIpc) is 2.52. The lowest BCUT2D eigenvalue weighted by molar-refractivity contribution is 0.128. The molecule has 2 aliphatic rings. The molecule has 0 bridgehead atoms. The topological polar surface area (TPSA) is 41.6 Å². The normalized spacial score (nSPS) is 26.4. The van der Waals surface area contributed by atoms with Gasteiger partial charge in [0.1, 0.15) is 6.61 Å². The third-order valence-electron chi connectivity index (χ3n) is 3.23. The van der Waals surface area contributed by atoms with Crippen LogP contribution in [0.1, 0.15) is 19.8 Å². The van der Waals surface area contributed by atoms with Gasteiger partial charge < -0.3 is 15.0 Å². The third kappa shape index (κ3) is 2.00. The summed E-state index contributed by atoms with van der Waals surface area (Å²) >= 11 is 0. The highest BCUT2D eigenvalue weighted by molar-refractivity contribution is 5.69. The van der Waals surface area contributed by atoms with E-state index < -0.39 is 0 Å². The number of ether oxygens (including phenoxy) is 1. The lowest BCUT2D eigenvalue weighted by atomic mass is 9.80. The molecule has 2 saturated heterocycles. The van der Waals surface area contributed by atoms with E-state index >= 15 is 0 Å². The van der Waals surface area contributed by atoms with Crippen molar-refractivity contribution in [2.24, 2.45) is 5.41 Å². The number of piperidine rings is 1. The van der Waals surface area contributed by atoms with Gasteiger partial charge >= 0.3 is 6.09 Å². The predicted molar refractivity (Wildman–Crippen MR) is 53.1 cm³/mol. The summed E-state index contributed by atoms with van der Waals surface area (Å²) in [5.74, 6) is 0. The predicted octanol–water partition coefficient (Wildman–Crippen LogP) is 0.828. The highest BCUT2D eigenvalue weighted by atomic mass is 16.6. The standard InChI is InChI=1S/C10H18N2O2/c1-10(2-4-11-5-3-10)8-12-6-7-14-9(12)13/h11H,2-8H2,1H3. The Morgan fingerprint density at radius 3 is 2.79 bits per heavy atom. The van der Waals surface area contributed by atoms with Gasteiger partial charge in [-0.1, -0.05) is 6.92 Å². The van der Waals surface area contributed by atoms with E-state index in [2.05, 4.69) is 12.2 Å². The van der Waals surface area contributed by atoms with E-state index in [0.29, 0.717) is 6.61 Å². The van der Waals surface area contributed by atoms with Crippen LogP contribution in [0.3, 0.4) is 0 Å². The fraction of sp³-hybridized carbons (Fsp3) is 0.900. The maximum absolute atomic E-state index is 11.3. The molecule has 2 fully saturated rings. The molecule has 0 unspecified atom stereocenters. The molecule has 0 aromatic carbocycles. The minimum atomic E-state index is -0.134. The van der Waals surface area contributed by atoms with E-state index in [1.165, 1.54) is 0 Å². The Bertz CT molecular complexity index is 224. The Hall–Kier alpha value is -0.770. The van der Waals surface area contributed by atoms with Gasteiger partial charge in [-0.15, -0.1) is 0 Å². The van der Waals surface area contributed by atoms with Crippen molar-refractivity contribution in [3.8, 4) is 0 Å². The van der Waals surface area contributed by atoms with E-state index in [1.807, 2.05) is 4.90 Å². The van der Waals surface area contributed by atoms with Gasteiger partial charge in [0, 0.05) is 6.54 Å². The van der Waals surface area contributed by atoms with Crippen molar-refractivity contribution in [1.82, 2.24) is 10.2 Å². The molecule has 0 aliphatic carbocycles. The van der Waals surface area contributed by atoms with Gasteiger partial charge in [0.15, 0.2) is 0 Å². The van der Waals surface area contributed by atoms with Crippen LogP contribution in [0.4, 0.5) is 4.79 Å². The average molecular weight is 198 g/mol. The Morgan fingerprint density at radius 1 is 1.50 bits per heavy atom.